The largest absolute Gasteiger partial charge is 0.493 e. The molecule has 2 aromatic heterocycles. The van der Waals surface area contributed by atoms with Crippen molar-refractivity contribution in [1.29, 1.82) is 0 Å². The van der Waals surface area contributed by atoms with E-state index in [9.17, 15) is 4.79 Å². The van der Waals surface area contributed by atoms with Gasteiger partial charge < -0.3 is 14.8 Å². The molecule has 8 heteroatoms. The van der Waals surface area contributed by atoms with Crippen molar-refractivity contribution in [1.82, 2.24) is 25.1 Å². The number of nitrogens with one attached hydrogen (secondary N) is 2. The lowest BCUT2D eigenvalue weighted by Gasteiger charge is -2.26. The summed E-state index contributed by atoms with van der Waals surface area (Å²) in [6, 6.07) is 13.5. The van der Waals surface area contributed by atoms with Gasteiger partial charge in [0.2, 0.25) is 5.65 Å². The minimum absolute atomic E-state index is 0.0448. The number of hydrogen-bond donors (Lipinski definition) is 2. The lowest BCUT2D eigenvalue weighted by molar-refractivity contribution is 0.0951. The maximum absolute atomic E-state index is 12.7. The van der Waals surface area contributed by atoms with Gasteiger partial charge in [0, 0.05) is 18.0 Å². The Balaban J connectivity index is 1.31. The highest BCUT2D eigenvalue weighted by molar-refractivity contribution is 5.94. The monoisotopic (exact) mass is 531 g/mol. The predicted molar refractivity (Wildman–Crippen MR) is 154 cm³/mol. The fourth-order valence-electron chi connectivity index (χ4n) is 4.30. The number of hydrogen-bond acceptors (Lipinski definition) is 5. The molecular weight excluding hydrogens is 490 g/mol. The number of aromatic nitrogens is 4. The fourth-order valence-corrected chi connectivity index (χ4v) is 4.30. The third-order valence-electron chi connectivity index (χ3n) is 7.16. The van der Waals surface area contributed by atoms with E-state index in [0.717, 1.165) is 30.1 Å². The minimum atomic E-state index is -0.123. The van der Waals surface area contributed by atoms with E-state index in [2.05, 4.69) is 80.2 Å². The molecular formula is C31H41N5O3. The molecule has 1 amide bonds. The van der Waals surface area contributed by atoms with E-state index in [1.54, 1.807) is 28.9 Å². The topological polar surface area (TPSA) is 93.5 Å². The maximum atomic E-state index is 12.7. The van der Waals surface area contributed by atoms with Crippen LogP contribution in [0.15, 0.2) is 42.5 Å². The first-order valence-corrected chi connectivity index (χ1v) is 13.9. The fraction of sp³-hybridized carbons (Fsp3) is 0.452. The smallest absolute Gasteiger partial charge is 0.251 e. The first kappa shape index (κ1) is 28.2. The summed E-state index contributed by atoms with van der Waals surface area (Å²) in [6.07, 6.45) is 2.50. The van der Waals surface area contributed by atoms with Crippen molar-refractivity contribution >= 4 is 11.6 Å². The quantitative estimate of drug-likeness (QED) is 0.198. The zero-order valence-corrected chi connectivity index (χ0v) is 24.2. The molecule has 0 aliphatic heterocycles. The molecule has 0 unspecified atom stereocenters. The van der Waals surface area contributed by atoms with Crippen molar-refractivity contribution in [3.05, 3.63) is 70.7 Å². The third-order valence-corrected chi connectivity index (χ3v) is 7.16. The number of carbonyl (C=O) groups is 1. The first-order chi connectivity index (χ1) is 18.6. The molecule has 0 spiro atoms. The predicted octanol–water partition coefficient (Wildman–Crippen LogP) is 6.73. The van der Waals surface area contributed by atoms with Crippen LogP contribution >= 0.6 is 0 Å². The molecule has 4 rings (SSSR count). The van der Waals surface area contributed by atoms with Crippen LogP contribution < -0.4 is 14.8 Å². The number of nitrogens with zero attached hydrogens (tertiary/aromatic N) is 3. The number of amides is 1. The highest BCUT2D eigenvalue weighted by Crippen LogP contribution is 2.35. The van der Waals surface area contributed by atoms with E-state index in [4.69, 9.17) is 9.47 Å². The zero-order chi connectivity index (χ0) is 28.2. The molecule has 0 saturated carbocycles. The Bertz CT molecular complexity index is 1420. The van der Waals surface area contributed by atoms with Crippen LogP contribution in [0.1, 0.15) is 93.3 Å². The molecule has 0 atom stereocenters. The van der Waals surface area contributed by atoms with Gasteiger partial charge in [0.25, 0.3) is 5.91 Å². The van der Waals surface area contributed by atoms with Crippen LogP contribution in [0.5, 0.6) is 17.2 Å². The molecule has 0 fully saturated rings. The van der Waals surface area contributed by atoms with Crippen molar-refractivity contribution in [2.45, 2.75) is 79.1 Å². The molecule has 0 aliphatic rings. The van der Waals surface area contributed by atoms with Crippen LogP contribution in [-0.4, -0.2) is 38.9 Å². The normalized spacial score (nSPS) is 11.8. The number of rotatable bonds is 12. The Hall–Kier alpha value is -3.81. The van der Waals surface area contributed by atoms with Gasteiger partial charge in [-0.15, -0.1) is 9.73 Å². The second-order valence-electron chi connectivity index (χ2n) is 11.0. The first-order valence-electron chi connectivity index (χ1n) is 13.9. The van der Waals surface area contributed by atoms with E-state index in [1.165, 1.54) is 11.1 Å². The summed E-state index contributed by atoms with van der Waals surface area (Å²) in [5.74, 6) is 3.07. The summed E-state index contributed by atoms with van der Waals surface area (Å²) in [7, 11) is 0. The lowest BCUT2D eigenvalue weighted by Crippen LogP contribution is -2.25. The van der Waals surface area contributed by atoms with Gasteiger partial charge in [0.05, 0.1) is 12.3 Å². The summed E-state index contributed by atoms with van der Waals surface area (Å²) in [6.45, 7) is 16.0. The van der Waals surface area contributed by atoms with Crippen molar-refractivity contribution in [2.75, 3.05) is 13.2 Å². The van der Waals surface area contributed by atoms with Gasteiger partial charge in [-0.1, -0.05) is 59.2 Å². The van der Waals surface area contributed by atoms with Gasteiger partial charge in [-0.05, 0) is 67.5 Å². The molecule has 2 heterocycles. The Kier molecular flexibility index (Phi) is 8.63. The van der Waals surface area contributed by atoms with Gasteiger partial charge in [-0.2, -0.15) is 0 Å². The molecule has 8 nitrogen and oxygen atoms in total. The number of H-pyrrole nitrogens is 1. The Morgan fingerprint density at radius 2 is 1.87 bits per heavy atom. The van der Waals surface area contributed by atoms with Crippen molar-refractivity contribution in [3.63, 3.8) is 0 Å². The molecule has 0 bridgehead atoms. The number of ether oxygens (including phenoxy) is 2. The summed E-state index contributed by atoms with van der Waals surface area (Å²) in [5, 5.41) is 10.7. The molecule has 39 heavy (non-hydrogen) atoms. The standard InChI is InChI=1S/C31H41N5O3/c1-8-25-27(29-33-28(20(3)4)35-36(29)34-25)39-23-14-12-22(13-15-23)30(37)32-17-10-18-38-26-16-11-21(5)19-24(26)31(6,7)9-2/h11-16,19-20,34H,8-10,17-18H2,1-7H3,(H,32,37). The second-order valence-corrected chi connectivity index (χ2v) is 11.0. The minimum Gasteiger partial charge on any atom is -0.493 e. The second kappa shape index (κ2) is 11.9. The summed E-state index contributed by atoms with van der Waals surface area (Å²) >= 11 is 0. The Morgan fingerprint density at radius 1 is 1.13 bits per heavy atom. The SMILES string of the molecule is CCc1[nH]n2nc(C(C)C)nc2c1Oc1ccc(C(=O)NCCCOc2ccc(C)cc2C(C)(C)CC)cc1. The van der Waals surface area contributed by atoms with E-state index < -0.39 is 0 Å². The van der Waals surface area contributed by atoms with E-state index in [-0.39, 0.29) is 17.2 Å². The van der Waals surface area contributed by atoms with Gasteiger partial charge in [-0.3, -0.25) is 9.89 Å². The van der Waals surface area contributed by atoms with Crippen LogP contribution in [0.3, 0.4) is 0 Å². The van der Waals surface area contributed by atoms with Gasteiger partial charge in [-0.25, -0.2) is 4.98 Å². The average molecular weight is 532 g/mol. The Morgan fingerprint density at radius 3 is 2.54 bits per heavy atom. The van der Waals surface area contributed by atoms with Gasteiger partial charge in [0.15, 0.2) is 11.6 Å². The van der Waals surface area contributed by atoms with E-state index in [1.807, 2.05) is 6.92 Å². The molecule has 4 aromatic rings. The number of benzene rings is 2. The number of fused-ring (bicyclic) bond motifs is 1. The number of aryl methyl sites for hydroxylation is 2. The van der Waals surface area contributed by atoms with Gasteiger partial charge in [0.1, 0.15) is 11.5 Å². The molecule has 0 aliphatic carbocycles. The van der Waals surface area contributed by atoms with Crippen LogP contribution in [0.25, 0.3) is 5.65 Å². The molecule has 2 aromatic carbocycles. The van der Waals surface area contributed by atoms with Crippen molar-refractivity contribution in [2.24, 2.45) is 0 Å². The van der Waals surface area contributed by atoms with Gasteiger partial charge >= 0.3 is 0 Å². The molecule has 0 radical (unpaired) electrons. The zero-order valence-electron chi connectivity index (χ0n) is 24.2. The number of aromatic amines is 1. The highest BCUT2D eigenvalue weighted by atomic mass is 16.5. The summed E-state index contributed by atoms with van der Waals surface area (Å²) in [5.41, 5.74) is 4.66. The highest BCUT2D eigenvalue weighted by Gasteiger charge is 2.23. The molecule has 2 N–H and O–H groups in total. The van der Waals surface area contributed by atoms with Crippen LogP contribution in [0.2, 0.25) is 0 Å². The maximum Gasteiger partial charge on any atom is 0.251 e. The average Bonchev–Trinajstić information content (AvgIpc) is 3.48. The van der Waals surface area contributed by atoms with Crippen molar-refractivity contribution < 1.29 is 14.3 Å². The van der Waals surface area contributed by atoms with Crippen LogP contribution in [0.4, 0.5) is 0 Å². The summed E-state index contributed by atoms with van der Waals surface area (Å²) < 4.78 is 14.0. The Labute approximate surface area is 231 Å². The lowest BCUT2D eigenvalue weighted by atomic mass is 9.81. The third kappa shape index (κ3) is 6.44. The summed E-state index contributed by atoms with van der Waals surface area (Å²) in [4.78, 5) is 17.3. The molecule has 0 saturated heterocycles. The van der Waals surface area contributed by atoms with E-state index in [0.29, 0.717) is 42.3 Å². The number of carbonyl (C=O) groups excluding carboxylic acids is 1. The van der Waals surface area contributed by atoms with E-state index >= 15 is 0 Å². The molecule has 208 valence electrons. The van der Waals surface area contributed by atoms with Crippen LogP contribution in [0, 0.1) is 6.92 Å². The van der Waals surface area contributed by atoms with Crippen LogP contribution in [-0.2, 0) is 11.8 Å². The van der Waals surface area contributed by atoms with Crippen molar-refractivity contribution in [3.8, 4) is 17.2 Å².